The van der Waals surface area contributed by atoms with Gasteiger partial charge in [0.1, 0.15) is 0 Å². The first kappa shape index (κ1) is 17.2. The quantitative estimate of drug-likeness (QED) is 0.516. The standard InChI is InChI=1S/C17H24O4/c1-3-5-11-20-16(18)13-14-7-9-15(10-8-14)17(19)21-12-6-4-2/h7-10H,3-6,11-13H2,1-2H3. The van der Waals surface area contributed by atoms with E-state index < -0.39 is 0 Å². The molecule has 1 rings (SSSR count). The lowest BCUT2D eigenvalue weighted by Crippen LogP contribution is -2.10. The van der Waals surface area contributed by atoms with Gasteiger partial charge in [-0.25, -0.2) is 4.79 Å². The van der Waals surface area contributed by atoms with E-state index in [-0.39, 0.29) is 18.4 Å². The molecule has 0 saturated carbocycles. The van der Waals surface area contributed by atoms with Crippen molar-refractivity contribution in [3.8, 4) is 0 Å². The molecular formula is C17H24O4. The van der Waals surface area contributed by atoms with Crippen molar-refractivity contribution in [3.05, 3.63) is 35.4 Å². The summed E-state index contributed by atoms with van der Waals surface area (Å²) in [7, 11) is 0. The van der Waals surface area contributed by atoms with Crippen LogP contribution in [0, 0.1) is 0 Å². The third kappa shape index (κ3) is 6.93. The number of hydrogen-bond donors (Lipinski definition) is 0. The Hall–Kier alpha value is -1.84. The summed E-state index contributed by atoms with van der Waals surface area (Å²) in [5.74, 6) is -0.553. The molecule has 116 valence electrons. The van der Waals surface area contributed by atoms with E-state index in [1.54, 1.807) is 24.3 Å². The van der Waals surface area contributed by atoms with Crippen LogP contribution in [0.1, 0.15) is 55.5 Å². The summed E-state index contributed by atoms with van der Waals surface area (Å²) in [6, 6.07) is 6.89. The van der Waals surface area contributed by atoms with Crippen LogP contribution >= 0.6 is 0 Å². The predicted octanol–water partition coefficient (Wildman–Crippen LogP) is 3.53. The Bertz CT molecular complexity index is 437. The van der Waals surface area contributed by atoms with Gasteiger partial charge in [-0.15, -0.1) is 0 Å². The van der Waals surface area contributed by atoms with Crippen LogP contribution in [0.3, 0.4) is 0 Å². The average Bonchev–Trinajstić information content (AvgIpc) is 2.48. The summed E-state index contributed by atoms with van der Waals surface area (Å²) >= 11 is 0. The van der Waals surface area contributed by atoms with Gasteiger partial charge in [-0.1, -0.05) is 38.8 Å². The summed E-state index contributed by atoms with van der Waals surface area (Å²) < 4.78 is 10.2. The van der Waals surface area contributed by atoms with E-state index in [0.717, 1.165) is 31.2 Å². The van der Waals surface area contributed by atoms with Crippen molar-refractivity contribution in [2.24, 2.45) is 0 Å². The Morgan fingerprint density at radius 2 is 1.48 bits per heavy atom. The minimum Gasteiger partial charge on any atom is -0.465 e. The molecule has 1 aromatic rings. The summed E-state index contributed by atoms with van der Waals surface area (Å²) in [6.07, 6.45) is 3.98. The zero-order valence-corrected chi connectivity index (χ0v) is 12.9. The average molecular weight is 292 g/mol. The summed E-state index contributed by atoms with van der Waals surface area (Å²) in [5, 5.41) is 0. The van der Waals surface area contributed by atoms with Gasteiger partial charge in [0.15, 0.2) is 0 Å². The maximum absolute atomic E-state index is 11.7. The first-order valence-corrected chi connectivity index (χ1v) is 7.59. The molecule has 0 heterocycles. The Balaban J connectivity index is 2.42. The molecule has 0 fully saturated rings. The van der Waals surface area contributed by atoms with E-state index >= 15 is 0 Å². The Kier molecular flexibility index (Phi) is 8.17. The maximum Gasteiger partial charge on any atom is 0.338 e. The zero-order chi connectivity index (χ0) is 15.5. The minimum absolute atomic E-state index is 0.231. The molecule has 0 bridgehead atoms. The Labute approximate surface area is 126 Å². The van der Waals surface area contributed by atoms with E-state index in [2.05, 4.69) is 0 Å². The van der Waals surface area contributed by atoms with Crippen LogP contribution < -0.4 is 0 Å². The van der Waals surface area contributed by atoms with Crippen LogP contribution in [0.5, 0.6) is 0 Å². The highest BCUT2D eigenvalue weighted by Gasteiger charge is 2.08. The highest BCUT2D eigenvalue weighted by Crippen LogP contribution is 2.08. The number of esters is 2. The van der Waals surface area contributed by atoms with Gasteiger partial charge in [0.05, 0.1) is 25.2 Å². The van der Waals surface area contributed by atoms with E-state index in [0.29, 0.717) is 18.8 Å². The van der Waals surface area contributed by atoms with Crippen LogP contribution in [0.4, 0.5) is 0 Å². The van der Waals surface area contributed by atoms with Crippen LogP contribution in [0.25, 0.3) is 0 Å². The SMILES string of the molecule is CCCCOC(=O)Cc1ccc(C(=O)OCCCC)cc1. The van der Waals surface area contributed by atoms with Crippen molar-refractivity contribution in [1.29, 1.82) is 0 Å². The third-order valence-electron chi connectivity index (χ3n) is 3.03. The number of unbranched alkanes of at least 4 members (excludes halogenated alkanes) is 2. The lowest BCUT2D eigenvalue weighted by atomic mass is 10.1. The van der Waals surface area contributed by atoms with Crippen molar-refractivity contribution in [2.45, 2.75) is 46.0 Å². The first-order chi connectivity index (χ1) is 10.2. The molecule has 1 aromatic carbocycles. The highest BCUT2D eigenvalue weighted by atomic mass is 16.5. The monoisotopic (exact) mass is 292 g/mol. The molecule has 0 aromatic heterocycles. The molecule has 0 radical (unpaired) electrons. The second-order valence-electron chi connectivity index (χ2n) is 4.94. The smallest absolute Gasteiger partial charge is 0.338 e. The van der Waals surface area contributed by atoms with Gasteiger partial charge in [-0.05, 0) is 30.5 Å². The molecule has 0 unspecified atom stereocenters. The predicted molar refractivity (Wildman–Crippen MR) is 81.2 cm³/mol. The molecule has 0 atom stereocenters. The van der Waals surface area contributed by atoms with E-state index in [1.807, 2.05) is 13.8 Å². The molecule has 0 saturated heterocycles. The van der Waals surface area contributed by atoms with Crippen LogP contribution in [-0.2, 0) is 20.7 Å². The minimum atomic E-state index is -0.319. The lowest BCUT2D eigenvalue weighted by Gasteiger charge is -2.06. The number of hydrogen-bond acceptors (Lipinski definition) is 4. The molecule has 21 heavy (non-hydrogen) atoms. The summed E-state index contributed by atoms with van der Waals surface area (Å²) in [6.45, 7) is 5.01. The second kappa shape index (κ2) is 9.97. The van der Waals surface area contributed by atoms with Crippen molar-refractivity contribution in [1.82, 2.24) is 0 Å². The van der Waals surface area contributed by atoms with Gasteiger partial charge in [0.25, 0.3) is 0 Å². The van der Waals surface area contributed by atoms with Gasteiger partial charge in [0.2, 0.25) is 0 Å². The van der Waals surface area contributed by atoms with E-state index in [4.69, 9.17) is 9.47 Å². The molecule has 4 heteroatoms. The number of carbonyl (C=O) groups is 2. The largest absolute Gasteiger partial charge is 0.465 e. The van der Waals surface area contributed by atoms with Crippen molar-refractivity contribution < 1.29 is 19.1 Å². The van der Waals surface area contributed by atoms with Gasteiger partial charge in [-0.2, -0.15) is 0 Å². The van der Waals surface area contributed by atoms with Crippen LogP contribution in [0.15, 0.2) is 24.3 Å². The summed E-state index contributed by atoms with van der Waals surface area (Å²) in [4.78, 5) is 23.3. The third-order valence-corrected chi connectivity index (χ3v) is 3.03. The topological polar surface area (TPSA) is 52.6 Å². The molecule has 0 amide bonds. The van der Waals surface area contributed by atoms with Crippen LogP contribution in [-0.4, -0.2) is 25.2 Å². The normalized spacial score (nSPS) is 10.2. The number of rotatable bonds is 9. The van der Waals surface area contributed by atoms with Gasteiger partial charge >= 0.3 is 11.9 Å². The number of ether oxygens (including phenoxy) is 2. The molecule has 0 spiro atoms. The fraction of sp³-hybridized carbons (Fsp3) is 0.529. The van der Waals surface area contributed by atoms with Gasteiger partial charge < -0.3 is 9.47 Å². The lowest BCUT2D eigenvalue weighted by molar-refractivity contribution is -0.142. The maximum atomic E-state index is 11.7. The first-order valence-electron chi connectivity index (χ1n) is 7.59. The Morgan fingerprint density at radius 3 is 2.05 bits per heavy atom. The van der Waals surface area contributed by atoms with Crippen LogP contribution in [0.2, 0.25) is 0 Å². The summed E-state index contributed by atoms with van der Waals surface area (Å²) in [5.41, 5.74) is 1.34. The second-order valence-corrected chi connectivity index (χ2v) is 4.94. The zero-order valence-electron chi connectivity index (χ0n) is 12.9. The van der Waals surface area contributed by atoms with Gasteiger partial charge in [0, 0.05) is 0 Å². The molecule has 0 aliphatic carbocycles. The van der Waals surface area contributed by atoms with Gasteiger partial charge in [-0.3, -0.25) is 4.79 Å². The van der Waals surface area contributed by atoms with E-state index in [1.165, 1.54) is 0 Å². The highest BCUT2D eigenvalue weighted by molar-refractivity contribution is 5.89. The fourth-order valence-corrected chi connectivity index (χ4v) is 1.70. The number of carbonyl (C=O) groups excluding carboxylic acids is 2. The fourth-order valence-electron chi connectivity index (χ4n) is 1.70. The Morgan fingerprint density at radius 1 is 0.905 bits per heavy atom. The van der Waals surface area contributed by atoms with Crippen molar-refractivity contribution in [3.63, 3.8) is 0 Å². The molecule has 0 aliphatic rings. The number of benzene rings is 1. The molecule has 4 nitrogen and oxygen atoms in total. The molecule has 0 aliphatic heterocycles. The van der Waals surface area contributed by atoms with Crippen molar-refractivity contribution >= 4 is 11.9 Å². The molecule has 0 N–H and O–H groups in total. The molecular weight excluding hydrogens is 268 g/mol. The van der Waals surface area contributed by atoms with E-state index in [9.17, 15) is 9.59 Å². The van der Waals surface area contributed by atoms with Crippen molar-refractivity contribution in [2.75, 3.05) is 13.2 Å².